The number of amides is 1. The van der Waals surface area contributed by atoms with Crippen LogP contribution >= 0.6 is 24.0 Å². The lowest BCUT2D eigenvalue weighted by atomic mass is 9.93. The minimum Gasteiger partial charge on any atom is -0.369 e. The molecule has 1 amide bonds. The summed E-state index contributed by atoms with van der Waals surface area (Å²) in [5, 5.41) is 10.4. The lowest BCUT2D eigenvalue weighted by Gasteiger charge is -2.22. The van der Waals surface area contributed by atoms with Crippen molar-refractivity contribution >= 4 is 35.8 Å². The SMILES string of the molecule is CCNC(=NCc1ccnn1C)NCC(C)(C)C(N)=O.I. The van der Waals surface area contributed by atoms with Gasteiger partial charge in [0.25, 0.3) is 0 Å². The predicted molar refractivity (Wildman–Crippen MR) is 94.4 cm³/mol. The lowest BCUT2D eigenvalue weighted by Crippen LogP contribution is -2.46. The fourth-order valence-electron chi connectivity index (χ4n) is 1.45. The first-order valence-electron chi connectivity index (χ1n) is 6.65. The number of carbonyl (C=O) groups excluding carboxylic acids is 1. The van der Waals surface area contributed by atoms with Gasteiger partial charge in [-0.15, -0.1) is 24.0 Å². The van der Waals surface area contributed by atoms with Crippen LogP contribution in [0, 0.1) is 5.41 Å². The third-order valence-corrected chi connectivity index (χ3v) is 3.03. The molecular formula is C13H25IN6O. The molecule has 0 atom stereocenters. The summed E-state index contributed by atoms with van der Waals surface area (Å²) >= 11 is 0. The Bertz CT molecular complexity index is 483. The Balaban J connectivity index is 0.00000400. The van der Waals surface area contributed by atoms with Crippen LogP contribution in [-0.2, 0) is 18.4 Å². The molecule has 8 heteroatoms. The number of rotatable bonds is 6. The van der Waals surface area contributed by atoms with Crippen molar-refractivity contribution in [1.29, 1.82) is 0 Å². The molecular weight excluding hydrogens is 383 g/mol. The minimum atomic E-state index is -0.622. The number of carbonyl (C=O) groups is 1. The average molecular weight is 408 g/mol. The topological polar surface area (TPSA) is 97.3 Å². The second-order valence-corrected chi connectivity index (χ2v) is 5.24. The molecule has 0 saturated carbocycles. The summed E-state index contributed by atoms with van der Waals surface area (Å²) in [4.78, 5) is 15.8. The molecule has 0 aliphatic carbocycles. The number of hydrogen-bond donors (Lipinski definition) is 3. The second-order valence-electron chi connectivity index (χ2n) is 5.24. The highest BCUT2D eigenvalue weighted by Crippen LogP contribution is 2.11. The number of primary amides is 1. The summed E-state index contributed by atoms with van der Waals surface area (Å²) < 4.78 is 1.78. The standard InChI is InChI=1S/C13H24N6O.HI/c1-5-15-12(17-9-13(2,3)11(14)20)16-8-10-6-7-18-19(10)4;/h6-7H,5,8-9H2,1-4H3,(H2,14,20)(H2,15,16,17);1H. The van der Waals surface area contributed by atoms with Gasteiger partial charge in [-0.25, -0.2) is 4.99 Å². The van der Waals surface area contributed by atoms with Crippen molar-refractivity contribution in [2.24, 2.45) is 23.2 Å². The van der Waals surface area contributed by atoms with Gasteiger partial charge in [0.2, 0.25) is 5.91 Å². The molecule has 120 valence electrons. The van der Waals surface area contributed by atoms with Gasteiger partial charge < -0.3 is 16.4 Å². The van der Waals surface area contributed by atoms with Crippen LogP contribution in [0.5, 0.6) is 0 Å². The van der Waals surface area contributed by atoms with E-state index in [1.807, 2.05) is 20.0 Å². The van der Waals surface area contributed by atoms with Crippen molar-refractivity contribution in [2.75, 3.05) is 13.1 Å². The van der Waals surface area contributed by atoms with Crippen LogP contribution in [0.2, 0.25) is 0 Å². The highest BCUT2D eigenvalue weighted by Gasteiger charge is 2.24. The maximum absolute atomic E-state index is 11.3. The Kier molecular flexibility index (Phi) is 8.30. The molecule has 7 nitrogen and oxygen atoms in total. The first-order chi connectivity index (χ1) is 9.36. The number of nitrogens with two attached hydrogens (primary N) is 1. The molecule has 1 heterocycles. The Morgan fingerprint density at radius 2 is 2.14 bits per heavy atom. The van der Waals surface area contributed by atoms with Gasteiger partial charge >= 0.3 is 0 Å². The van der Waals surface area contributed by atoms with E-state index in [1.165, 1.54) is 0 Å². The second kappa shape index (κ2) is 8.85. The van der Waals surface area contributed by atoms with Crippen molar-refractivity contribution in [3.63, 3.8) is 0 Å². The van der Waals surface area contributed by atoms with Gasteiger partial charge in [0.15, 0.2) is 5.96 Å². The van der Waals surface area contributed by atoms with Crippen LogP contribution in [0.15, 0.2) is 17.3 Å². The minimum absolute atomic E-state index is 0. The van der Waals surface area contributed by atoms with Crippen LogP contribution in [0.25, 0.3) is 0 Å². The van der Waals surface area contributed by atoms with E-state index in [2.05, 4.69) is 20.7 Å². The molecule has 0 aromatic carbocycles. The summed E-state index contributed by atoms with van der Waals surface area (Å²) in [7, 11) is 1.88. The van der Waals surface area contributed by atoms with Crippen LogP contribution < -0.4 is 16.4 Å². The van der Waals surface area contributed by atoms with E-state index in [4.69, 9.17) is 5.73 Å². The zero-order chi connectivity index (χ0) is 15.2. The largest absolute Gasteiger partial charge is 0.369 e. The highest BCUT2D eigenvalue weighted by molar-refractivity contribution is 14.0. The van der Waals surface area contributed by atoms with Gasteiger partial charge in [0.05, 0.1) is 17.7 Å². The quantitative estimate of drug-likeness (QED) is 0.365. The Morgan fingerprint density at radius 1 is 1.48 bits per heavy atom. The fraction of sp³-hybridized carbons (Fsp3) is 0.615. The molecule has 1 rings (SSSR count). The monoisotopic (exact) mass is 408 g/mol. The number of nitrogens with zero attached hydrogens (tertiary/aromatic N) is 3. The van der Waals surface area contributed by atoms with Crippen LogP contribution in [0.1, 0.15) is 26.5 Å². The van der Waals surface area contributed by atoms with E-state index in [1.54, 1.807) is 24.7 Å². The molecule has 0 bridgehead atoms. The summed E-state index contributed by atoms with van der Waals surface area (Å²) in [5.74, 6) is 0.315. The van der Waals surface area contributed by atoms with E-state index >= 15 is 0 Å². The number of aromatic nitrogens is 2. The van der Waals surface area contributed by atoms with Crippen LogP contribution in [0.3, 0.4) is 0 Å². The Hall–Kier alpha value is -1.32. The van der Waals surface area contributed by atoms with Gasteiger partial charge in [-0.3, -0.25) is 9.48 Å². The molecule has 0 unspecified atom stereocenters. The molecule has 1 aromatic rings. The fourth-order valence-corrected chi connectivity index (χ4v) is 1.45. The number of aliphatic imine (C=N–C) groups is 1. The van der Waals surface area contributed by atoms with Gasteiger partial charge in [0, 0.05) is 26.3 Å². The summed E-state index contributed by atoms with van der Waals surface area (Å²) in [6.07, 6.45) is 1.74. The molecule has 4 N–H and O–H groups in total. The normalized spacial score (nSPS) is 11.7. The molecule has 0 aliphatic heterocycles. The van der Waals surface area contributed by atoms with E-state index < -0.39 is 5.41 Å². The third-order valence-electron chi connectivity index (χ3n) is 3.03. The summed E-state index contributed by atoms with van der Waals surface area (Å²) in [6.45, 7) is 7.27. The van der Waals surface area contributed by atoms with Crippen LogP contribution in [0.4, 0.5) is 0 Å². The van der Waals surface area contributed by atoms with E-state index in [0.717, 1.165) is 12.2 Å². The van der Waals surface area contributed by atoms with Crippen molar-refractivity contribution in [2.45, 2.75) is 27.3 Å². The molecule has 1 aromatic heterocycles. The zero-order valence-corrected chi connectivity index (χ0v) is 15.3. The van der Waals surface area contributed by atoms with Gasteiger partial charge in [-0.1, -0.05) is 0 Å². The first-order valence-corrected chi connectivity index (χ1v) is 6.65. The number of hydrogen-bond acceptors (Lipinski definition) is 3. The van der Waals surface area contributed by atoms with Gasteiger partial charge in [-0.05, 0) is 26.8 Å². The lowest BCUT2D eigenvalue weighted by molar-refractivity contribution is -0.125. The number of guanidine groups is 1. The van der Waals surface area contributed by atoms with E-state index in [0.29, 0.717) is 19.0 Å². The first kappa shape index (κ1) is 19.7. The number of aryl methyl sites for hydroxylation is 1. The Labute approximate surface area is 142 Å². The van der Waals surface area contributed by atoms with Crippen molar-refractivity contribution in [3.05, 3.63) is 18.0 Å². The molecule has 0 spiro atoms. The summed E-state index contributed by atoms with van der Waals surface area (Å²) in [5.41, 5.74) is 5.74. The van der Waals surface area contributed by atoms with E-state index in [-0.39, 0.29) is 29.9 Å². The molecule has 0 saturated heterocycles. The molecule has 21 heavy (non-hydrogen) atoms. The maximum Gasteiger partial charge on any atom is 0.224 e. The Morgan fingerprint density at radius 3 is 2.62 bits per heavy atom. The predicted octanol–water partition coefficient (Wildman–Crippen LogP) is 0.605. The van der Waals surface area contributed by atoms with Crippen LogP contribution in [-0.4, -0.2) is 34.7 Å². The zero-order valence-electron chi connectivity index (χ0n) is 13.0. The van der Waals surface area contributed by atoms with Crippen molar-refractivity contribution in [1.82, 2.24) is 20.4 Å². The van der Waals surface area contributed by atoms with Gasteiger partial charge in [0.1, 0.15) is 0 Å². The molecule has 0 aliphatic rings. The highest BCUT2D eigenvalue weighted by atomic mass is 127. The number of nitrogens with one attached hydrogen (secondary N) is 2. The molecule has 0 fully saturated rings. The number of halogens is 1. The van der Waals surface area contributed by atoms with Crippen molar-refractivity contribution in [3.8, 4) is 0 Å². The maximum atomic E-state index is 11.3. The third kappa shape index (κ3) is 6.32. The van der Waals surface area contributed by atoms with Gasteiger partial charge in [-0.2, -0.15) is 5.10 Å². The molecule has 0 radical (unpaired) electrons. The summed E-state index contributed by atoms with van der Waals surface area (Å²) in [6, 6.07) is 1.92. The van der Waals surface area contributed by atoms with Crippen molar-refractivity contribution < 1.29 is 4.79 Å². The average Bonchev–Trinajstić information content (AvgIpc) is 2.78. The van der Waals surface area contributed by atoms with E-state index in [9.17, 15) is 4.79 Å². The smallest absolute Gasteiger partial charge is 0.224 e.